The monoisotopic (exact) mass is 508 g/mol. The predicted octanol–water partition coefficient (Wildman–Crippen LogP) is 5.80. The number of hydrogen-bond donors (Lipinski definition) is 1. The molecule has 0 bridgehead atoms. The van der Waals surface area contributed by atoms with Crippen LogP contribution in [-0.2, 0) is 4.79 Å². The molecule has 2 aliphatic rings. The number of amides is 2. The van der Waals surface area contributed by atoms with Crippen molar-refractivity contribution in [3.05, 3.63) is 75.5 Å². The Balaban J connectivity index is 1.53. The van der Waals surface area contributed by atoms with Gasteiger partial charge >= 0.3 is 0 Å². The van der Waals surface area contributed by atoms with Crippen molar-refractivity contribution in [2.45, 2.75) is 39.5 Å². The minimum atomic E-state index is -0.323. The summed E-state index contributed by atoms with van der Waals surface area (Å²) < 4.78 is 0.929. The standard InChI is InChI=1S/C26H25BrN2O4/c1-26(2)14-20(28-17-11-9-16(27)10-12-17)23(22(31)15-26)21(30)8-5-13-29-24(32)18-6-3-4-7-19(18)25(29)33/h3-4,6-7,9-12,30H,5,8,13-15H2,1-2H3/b23-21+,28-20?. The molecular formula is C26H25BrN2O4. The Kier molecular flexibility index (Phi) is 6.34. The summed E-state index contributed by atoms with van der Waals surface area (Å²) in [5.41, 5.74) is 2.08. The zero-order valence-corrected chi connectivity index (χ0v) is 20.2. The Morgan fingerprint density at radius 2 is 1.61 bits per heavy atom. The van der Waals surface area contributed by atoms with Crippen molar-refractivity contribution in [1.82, 2.24) is 4.90 Å². The molecule has 7 heteroatoms. The second-order valence-corrected chi connectivity index (χ2v) is 10.1. The van der Waals surface area contributed by atoms with Crippen LogP contribution in [0.1, 0.15) is 60.2 Å². The number of aliphatic hydroxyl groups excluding tert-OH is 1. The highest BCUT2D eigenvalue weighted by Crippen LogP contribution is 2.37. The SMILES string of the molecule is CC1(C)CC(=O)/C(=C(/O)CCCN2C(=O)c3ccccc3C2=O)C(=Nc2ccc(Br)cc2)C1. The van der Waals surface area contributed by atoms with Crippen LogP contribution in [0.15, 0.2) is 69.3 Å². The summed E-state index contributed by atoms with van der Waals surface area (Å²) in [7, 11) is 0. The van der Waals surface area contributed by atoms with Gasteiger partial charge in [0.1, 0.15) is 5.76 Å². The number of imide groups is 1. The van der Waals surface area contributed by atoms with Gasteiger partial charge in [-0.25, -0.2) is 0 Å². The summed E-state index contributed by atoms with van der Waals surface area (Å²) in [5, 5.41) is 10.9. The molecule has 1 saturated carbocycles. The third-order valence-corrected chi connectivity index (χ3v) is 6.43. The van der Waals surface area contributed by atoms with E-state index in [0.717, 1.165) is 4.47 Å². The van der Waals surface area contributed by atoms with Crippen LogP contribution >= 0.6 is 15.9 Å². The first-order chi connectivity index (χ1) is 15.7. The number of aliphatic imine (C=N–C) groups is 1. The van der Waals surface area contributed by atoms with Crippen LogP contribution in [-0.4, -0.2) is 39.9 Å². The fourth-order valence-electron chi connectivity index (χ4n) is 4.35. The van der Waals surface area contributed by atoms with Crippen molar-refractivity contribution in [1.29, 1.82) is 0 Å². The summed E-state index contributed by atoms with van der Waals surface area (Å²) in [6, 6.07) is 14.2. The fourth-order valence-corrected chi connectivity index (χ4v) is 4.62. The molecule has 0 saturated heterocycles. The minimum absolute atomic E-state index is 0.0389. The van der Waals surface area contributed by atoms with Gasteiger partial charge in [0, 0.05) is 23.9 Å². The zero-order chi connectivity index (χ0) is 23.8. The van der Waals surface area contributed by atoms with Gasteiger partial charge in [0.25, 0.3) is 11.8 Å². The summed E-state index contributed by atoms with van der Waals surface area (Å²) in [6.07, 6.45) is 1.41. The molecule has 0 unspecified atom stereocenters. The quantitative estimate of drug-likeness (QED) is 0.314. The highest BCUT2D eigenvalue weighted by atomic mass is 79.9. The molecule has 1 heterocycles. The van der Waals surface area contributed by atoms with Gasteiger partial charge in [0.2, 0.25) is 0 Å². The van der Waals surface area contributed by atoms with Crippen molar-refractivity contribution < 1.29 is 19.5 Å². The van der Waals surface area contributed by atoms with E-state index < -0.39 is 0 Å². The van der Waals surface area contributed by atoms with E-state index in [1.54, 1.807) is 24.3 Å². The third kappa shape index (κ3) is 4.83. The normalized spacial score (nSPS) is 20.4. The van der Waals surface area contributed by atoms with Crippen molar-refractivity contribution in [2.24, 2.45) is 10.4 Å². The average Bonchev–Trinajstić information content (AvgIpc) is 2.99. The number of aliphatic hydroxyl groups is 1. The maximum absolute atomic E-state index is 13.0. The first kappa shape index (κ1) is 23.1. The fraction of sp³-hybridized carbons (Fsp3) is 0.308. The van der Waals surface area contributed by atoms with E-state index in [1.807, 2.05) is 38.1 Å². The number of Topliss-reactive ketones (excluding diaryl/α,β-unsaturated/α-hetero) is 1. The molecule has 0 radical (unpaired) electrons. The number of fused-ring (bicyclic) bond motifs is 1. The topological polar surface area (TPSA) is 87.0 Å². The van der Waals surface area contributed by atoms with Crippen LogP contribution in [0.4, 0.5) is 5.69 Å². The molecule has 170 valence electrons. The number of allylic oxidation sites excluding steroid dienone is 2. The van der Waals surface area contributed by atoms with Gasteiger partial charge in [-0.2, -0.15) is 0 Å². The number of rotatable bonds is 5. The molecule has 1 aliphatic heterocycles. The van der Waals surface area contributed by atoms with E-state index in [4.69, 9.17) is 0 Å². The van der Waals surface area contributed by atoms with Crippen molar-refractivity contribution in [2.75, 3.05) is 6.54 Å². The van der Waals surface area contributed by atoms with Gasteiger partial charge in [0.15, 0.2) is 5.78 Å². The second-order valence-electron chi connectivity index (χ2n) is 9.21. The molecular weight excluding hydrogens is 484 g/mol. The first-order valence-electron chi connectivity index (χ1n) is 10.9. The van der Waals surface area contributed by atoms with Crippen LogP contribution in [0, 0.1) is 5.41 Å². The molecule has 1 aliphatic carbocycles. The predicted molar refractivity (Wildman–Crippen MR) is 130 cm³/mol. The summed E-state index contributed by atoms with van der Waals surface area (Å²) in [6.45, 7) is 4.19. The lowest BCUT2D eigenvalue weighted by Crippen LogP contribution is -2.33. The molecule has 6 nitrogen and oxygen atoms in total. The summed E-state index contributed by atoms with van der Waals surface area (Å²) in [4.78, 5) is 43.9. The molecule has 4 rings (SSSR count). The summed E-state index contributed by atoms with van der Waals surface area (Å²) >= 11 is 3.40. The van der Waals surface area contributed by atoms with E-state index in [0.29, 0.717) is 41.8 Å². The molecule has 1 N–H and O–H groups in total. The number of carbonyl (C=O) groups excluding carboxylic acids is 3. The van der Waals surface area contributed by atoms with Crippen molar-refractivity contribution in [3.8, 4) is 0 Å². The zero-order valence-electron chi connectivity index (χ0n) is 18.6. The molecule has 2 aromatic carbocycles. The van der Waals surface area contributed by atoms with E-state index in [1.165, 1.54) is 4.90 Å². The van der Waals surface area contributed by atoms with E-state index in [2.05, 4.69) is 20.9 Å². The molecule has 0 spiro atoms. The Morgan fingerprint density at radius 1 is 1.00 bits per heavy atom. The molecule has 33 heavy (non-hydrogen) atoms. The third-order valence-electron chi connectivity index (χ3n) is 5.91. The number of halogens is 1. The highest BCUT2D eigenvalue weighted by molar-refractivity contribution is 9.10. The van der Waals surface area contributed by atoms with Crippen molar-refractivity contribution in [3.63, 3.8) is 0 Å². The minimum Gasteiger partial charge on any atom is -0.511 e. The average molecular weight is 509 g/mol. The maximum Gasteiger partial charge on any atom is 0.261 e. The van der Waals surface area contributed by atoms with E-state index >= 15 is 0 Å². The van der Waals surface area contributed by atoms with Gasteiger partial charge in [0.05, 0.1) is 28.1 Å². The maximum atomic E-state index is 13.0. The Labute approximate surface area is 201 Å². The van der Waals surface area contributed by atoms with Gasteiger partial charge in [-0.3, -0.25) is 24.3 Å². The molecule has 1 fully saturated rings. The van der Waals surface area contributed by atoms with Gasteiger partial charge < -0.3 is 5.11 Å². The highest BCUT2D eigenvalue weighted by Gasteiger charge is 2.37. The first-order valence-corrected chi connectivity index (χ1v) is 11.7. The van der Waals surface area contributed by atoms with Crippen LogP contribution in [0.3, 0.4) is 0 Å². The number of hydrogen-bond acceptors (Lipinski definition) is 5. The van der Waals surface area contributed by atoms with Gasteiger partial charge in [-0.1, -0.05) is 41.9 Å². The molecule has 2 amide bonds. The Bertz CT molecular complexity index is 1160. The number of benzene rings is 2. The largest absolute Gasteiger partial charge is 0.511 e. The number of carbonyl (C=O) groups is 3. The molecule has 0 atom stereocenters. The molecule has 0 aromatic heterocycles. The lowest BCUT2D eigenvalue weighted by molar-refractivity contribution is -0.117. The van der Waals surface area contributed by atoms with Crippen LogP contribution < -0.4 is 0 Å². The number of ketones is 1. The van der Waals surface area contributed by atoms with Crippen LogP contribution in [0.25, 0.3) is 0 Å². The Hall–Kier alpha value is -3.06. The van der Waals surface area contributed by atoms with E-state index in [-0.39, 0.29) is 47.3 Å². The van der Waals surface area contributed by atoms with Crippen LogP contribution in [0.2, 0.25) is 0 Å². The van der Waals surface area contributed by atoms with Crippen LogP contribution in [0.5, 0.6) is 0 Å². The van der Waals surface area contributed by atoms with Crippen molar-refractivity contribution >= 4 is 44.9 Å². The van der Waals surface area contributed by atoms with Gasteiger partial charge in [-0.05, 0) is 54.7 Å². The van der Waals surface area contributed by atoms with Gasteiger partial charge in [-0.15, -0.1) is 0 Å². The molecule has 2 aromatic rings. The lowest BCUT2D eigenvalue weighted by Gasteiger charge is -2.31. The second kappa shape index (κ2) is 9.06. The summed E-state index contributed by atoms with van der Waals surface area (Å²) in [5.74, 6) is -0.824. The Morgan fingerprint density at radius 3 is 2.21 bits per heavy atom. The number of nitrogens with zero attached hydrogens (tertiary/aromatic N) is 2. The smallest absolute Gasteiger partial charge is 0.261 e. The van der Waals surface area contributed by atoms with E-state index in [9.17, 15) is 19.5 Å². The lowest BCUT2D eigenvalue weighted by atomic mass is 9.73.